The first-order chi connectivity index (χ1) is 22.3. The first-order valence-electron chi connectivity index (χ1n) is 17.6. The van der Waals surface area contributed by atoms with Crippen molar-refractivity contribution in [1.82, 2.24) is 0 Å². The van der Waals surface area contributed by atoms with Gasteiger partial charge in [-0.2, -0.15) is 0 Å². The predicted molar refractivity (Wildman–Crippen MR) is 188 cm³/mol. The normalized spacial score (nSPS) is 13.2. The molecule has 1 atom stereocenters. The minimum Gasteiger partial charge on any atom is -0.462 e. The number of ether oxygens (including phenoxy) is 2. The van der Waals surface area contributed by atoms with E-state index in [0.717, 1.165) is 64.2 Å². The molecular weight excluding hydrogens is 603 g/mol. The maximum absolute atomic E-state index is 12.3. The number of phosphoric ester groups is 1. The minimum absolute atomic E-state index is 0.154. The summed E-state index contributed by atoms with van der Waals surface area (Å²) in [7, 11) is -4.76. The van der Waals surface area contributed by atoms with Gasteiger partial charge in [-0.05, 0) is 77.0 Å². The zero-order chi connectivity index (χ0) is 34.0. The van der Waals surface area contributed by atoms with Crippen molar-refractivity contribution in [3.63, 3.8) is 0 Å². The van der Waals surface area contributed by atoms with Crippen LogP contribution in [0.4, 0.5) is 0 Å². The van der Waals surface area contributed by atoms with Crippen molar-refractivity contribution in [2.45, 2.75) is 148 Å². The topological polar surface area (TPSA) is 119 Å². The number of unbranched alkanes of at least 4 members (excludes halogenated alkanes) is 11. The van der Waals surface area contributed by atoms with Crippen molar-refractivity contribution < 1.29 is 37.9 Å². The van der Waals surface area contributed by atoms with Crippen LogP contribution in [0.15, 0.2) is 60.8 Å². The second kappa shape index (κ2) is 32.7. The van der Waals surface area contributed by atoms with Gasteiger partial charge in [-0.15, -0.1) is 0 Å². The van der Waals surface area contributed by atoms with E-state index < -0.39 is 32.5 Å². The number of hydrogen-bond donors (Lipinski definition) is 2. The third-order valence-corrected chi connectivity index (χ3v) is 7.51. The molecule has 8 nitrogen and oxygen atoms in total. The Balaban J connectivity index is 4.12. The van der Waals surface area contributed by atoms with Crippen molar-refractivity contribution in [1.29, 1.82) is 0 Å². The first kappa shape index (κ1) is 43.8. The van der Waals surface area contributed by atoms with E-state index >= 15 is 0 Å². The minimum atomic E-state index is -4.76. The SMILES string of the molecule is CC/C=C/C/C=C/C/C=C/C/C=C/CCCCC(=O)O[C@H](COC(=O)CCCCC/C=C/CCCCCCCC)COP(=O)(O)O. The van der Waals surface area contributed by atoms with Gasteiger partial charge in [0, 0.05) is 12.8 Å². The van der Waals surface area contributed by atoms with Crippen LogP contribution in [0.3, 0.4) is 0 Å². The number of carbonyl (C=O) groups excluding carboxylic acids is 2. The highest BCUT2D eigenvalue weighted by molar-refractivity contribution is 7.46. The first-order valence-corrected chi connectivity index (χ1v) is 19.1. The molecular formula is C37H63O8P. The van der Waals surface area contributed by atoms with Gasteiger partial charge in [-0.25, -0.2) is 4.57 Å². The standard InChI is InChI=1S/C37H63O8P/c1-3-5-7-9-11-13-15-17-18-20-22-24-26-28-30-32-37(39)45-35(34-44-46(40,41)42)33-43-36(38)31-29-27-25-23-21-19-16-14-12-10-8-6-4-2/h5,7,11,13,17-19,21-22,24,35H,3-4,6,8-10,12,14-16,20,23,25-34H2,1-2H3,(H2,40,41,42)/b7-5+,13-11+,18-17+,21-19+,24-22+/t35-/m1/s1. The summed E-state index contributed by atoms with van der Waals surface area (Å²) in [6.07, 6.45) is 39.5. The molecule has 264 valence electrons. The van der Waals surface area contributed by atoms with E-state index in [9.17, 15) is 14.2 Å². The molecule has 0 fully saturated rings. The number of carbonyl (C=O) groups is 2. The molecule has 0 rings (SSSR count). The number of rotatable bonds is 31. The summed E-state index contributed by atoms with van der Waals surface area (Å²) in [5.74, 6) is -0.959. The maximum atomic E-state index is 12.3. The smallest absolute Gasteiger partial charge is 0.462 e. The Morgan fingerprint density at radius 2 is 1.04 bits per heavy atom. The Morgan fingerprint density at radius 1 is 0.587 bits per heavy atom. The third kappa shape index (κ3) is 34.6. The molecule has 0 aliphatic heterocycles. The van der Waals surface area contributed by atoms with Crippen LogP contribution >= 0.6 is 7.82 Å². The zero-order valence-electron chi connectivity index (χ0n) is 28.7. The summed E-state index contributed by atoms with van der Waals surface area (Å²) < 4.78 is 26.2. The summed E-state index contributed by atoms with van der Waals surface area (Å²) in [5, 5.41) is 0. The van der Waals surface area contributed by atoms with Crippen LogP contribution in [0.2, 0.25) is 0 Å². The van der Waals surface area contributed by atoms with E-state index in [0.29, 0.717) is 12.8 Å². The van der Waals surface area contributed by atoms with Crippen LogP contribution in [0.5, 0.6) is 0 Å². The van der Waals surface area contributed by atoms with E-state index in [1.165, 1.54) is 38.5 Å². The zero-order valence-corrected chi connectivity index (χ0v) is 29.6. The van der Waals surface area contributed by atoms with Gasteiger partial charge < -0.3 is 19.3 Å². The van der Waals surface area contributed by atoms with Gasteiger partial charge in [0.15, 0.2) is 6.10 Å². The molecule has 2 N–H and O–H groups in total. The van der Waals surface area contributed by atoms with Crippen molar-refractivity contribution in [3.05, 3.63) is 60.8 Å². The number of allylic oxidation sites excluding steroid dienone is 10. The molecule has 0 radical (unpaired) electrons. The lowest BCUT2D eigenvalue weighted by atomic mass is 10.1. The lowest BCUT2D eigenvalue weighted by molar-refractivity contribution is -0.161. The summed E-state index contributed by atoms with van der Waals surface area (Å²) in [6.45, 7) is 3.48. The molecule has 0 aliphatic rings. The van der Waals surface area contributed by atoms with Gasteiger partial charge in [-0.1, -0.05) is 113 Å². The summed E-state index contributed by atoms with van der Waals surface area (Å²) in [4.78, 5) is 42.6. The molecule has 0 aromatic carbocycles. The van der Waals surface area contributed by atoms with E-state index in [4.69, 9.17) is 19.3 Å². The van der Waals surface area contributed by atoms with E-state index in [1.54, 1.807) is 0 Å². The summed E-state index contributed by atoms with van der Waals surface area (Å²) in [6, 6.07) is 0. The molecule has 0 saturated carbocycles. The molecule has 0 saturated heterocycles. The van der Waals surface area contributed by atoms with Crippen molar-refractivity contribution in [2.24, 2.45) is 0 Å². The molecule has 0 aromatic heterocycles. The molecule has 0 bridgehead atoms. The molecule has 0 aliphatic carbocycles. The average Bonchev–Trinajstić information content (AvgIpc) is 3.02. The van der Waals surface area contributed by atoms with Crippen LogP contribution in [0, 0.1) is 0 Å². The fourth-order valence-corrected chi connectivity index (χ4v) is 4.78. The molecule has 0 amide bonds. The Morgan fingerprint density at radius 3 is 1.63 bits per heavy atom. The molecule has 9 heteroatoms. The van der Waals surface area contributed by atoms with Gasteiger partial charge in [0.2, 0.25) is 0 Å². The molecule has 46 heavy (non-hydrogen) atoms. The monoisotopic (exact) mass is 666 g/mol. The van der Waals surface area contributed by atoms with Crippen LogP contribution in [0.25, 0.3) is 0 Å². The van der Waals surface area contributed by atoms with Crippen LogP contribution in [-0.4, -0.2) is 41.0 Å². The van der Waals surface area contributed by atoms with Gasteiger partial charge in [0.25, 0.3) is 0 Å². The van der Waals surface area contributed by atoms with Crippen molar-refractivity contribution in [3.8, 4) is 0 Å². The largest absolute Gasteiger partial charge is 0.469 e. The highest BCUT2D eigenvalue weighted by Crippen LogP contribution is 2.35. The molecule has 0 unspecified atom stereocenters. The second-order valence-electron chi connectivity index (χ2n) is 11.5. The lowest BCUT2D eigenvalue weighted by Gasteiger charge is -2.18. The molecule has 0 aromatic rings. The summed E-state index contributed by atoms with van der Waals surface area (Å²) in [5.41, 5.74) is 0. The highest BCUT2D eigenvalue weighted by Gasteiger charge is 2.22. The Hall–Kier alpha value is -2.25. The van der Waals surface area contributed by atoms with E-state index in [1.807, 2.05) is 0 Å². The van der Waals surface area contributed by atoms with E-state index in [-0.39, 0.29) is 19.4 Å². The fourth-order valence-electron chi connectivity index (χ4n) is 4.41. The van der Waals surface area contributed by atoms with Gasteiger partial charge in [0.1, 0.15) is 6.61 Å². The van der Waals surface area contributed by atoms with E-state index in [2.05, 4.69) is 79.1 Å². The van der Waals surface area contributed by atoms with Crippen molar-refractivity contribution >= 4 is 19.8 Å². The van der Waals surface area contributed by atoms with Crippen LogP contribution < -0.4 is 0 Å². The number of phosphoric acid groups is 1. The average molecular weight is 667 g/mol. The van der Waals surface area contributed by atoms with Crippen LogP contribution in [0.1, 0.15) is 142 Å². The van der Waals surface area contributed by atoms with Crippen LogP contribution in [-0.2, 0) is 28.2 Å². The lowest BCUT2D eigenvalue weighted by Crippen LogP contribution is -2.29. The fraction of sp³-hybridized carbons (Fsp3) is 0.676. The van der Waals surface area contributed by atoms with Gasteiger partial charge >= 0.3 is 19.8 Å². The maximum Gasteiger partial charge on any atom is 0.469 e. The van der Waals surface area contributed by atoms with Gasteiger partial charge in [0.05, 0.1) is 6.61 Å². The highest BCUT2D eigenvalue weighted by atomic mass is 31.2. The third-order valence-electron chi connectivity index (χ3n) is 7.02. The van der Waals surface area contributed by atoms with Crippen molar-refractivity contribution in [2.75, 3.05) is 13.2 Å². The Kier molecular flexibility index (Phi) is 31.1. The van der Waals surface area contributed by atoms with Gasteiger partial charge in [-0.3, -0.25) is 14.1 Å². The second-order valence-corrected chi connectivity index (χ2v) is 12.7. The molecule has 0 heterocycles. The molecule has 0 spiro atoms. The quantitative estimate of drug-likeness (QED) is 0.0325. The Labute approximate surface area is 279 Å². The Bertz CT molecular complexity index is 932. The number of hydrogen-bond acceptors (Lipinski definition) is 6. The summed E-state index contributed by atoms with van der Waals surface area (Å²) >= 11 is 0. The predicted octanol–water partition coefficient (Wildman–Crippen LogP) is 10.2. The number of esters is 2.